The molecular formula is C21H23NO5. The number of nitrogens with zero attached hydrogens (tertiary/aromatic N) is 1. The van der Waals surface area contributed by atoms with Gasteiger partial charge in [-0.1, -0.05) is 48.6 Å². The molecule has 0 aromatic heterocycles. The molecule has 0 spiro atoms. The van der Waals surface area contributed by atoms with Crippen molar-refractivity contribution in [1.29, 1.82) is 0 Å². The molecule has 0 radical (unpaired) electrons. The monoisotopic (exact) mass is 369 g/mol. The van der Waals surface area contributed by atoms with E-state index in [0.29, 0.717) is 30.9 Å². The SMILES string of the molecule is COCOc1cc(OCc2ccccc2)ccc1C1CC=CCC1[N+](=O)[O-]. The normalized spacial score (nSPS) is 18.9. The van der Waals surface area contributed by atoms with E-state index in [1.54, 1.807) is 13.2 Å². The number of nitro groups is 1. The number of ether oxygens (including phenoxy) is 3. The summed E-state index contributed by atoms with van der Waals surface area (Å²) in [5.41, 5.74) is 1.87. The van der Waals surface area contributed by atoms with Crippen LogP contribution >= 0.6 is 0 Å². The van der Waals surface area contributed by atoms with Crippen LogP contribution in [0, 0.1) is 10.1 Å². The lowest BCUT2D eigenvalue weighted by Gasteiger charge is -2.24. The van der Waals surface area contributed by atoms with Gasteiger partial charge < -0.3 is 14.2 Å². The number of allylic oxidation sites excluding steroid dienone is 1. The molecule has 2 aromatic carbocycles. The molecule has 27 heavy (non-hydrogen) atoms. The van der Waals surface area contributed by atoms with Gasteiger partial charge in [0.05, 0.1) is 5.92 Å². The Labute approximate surface area is 158 Å². The summed E-state index contributed by atoms with van der Waals surface area (Å²) in [7, 11) is 1.54. The van der Waals surface area contributed by atoms with E-state index in [-0.39, 0.29) is 17.6 Å². The van der Waals surface area contributed by atoms with Crippen LogP contribution < -0.4 is 9.47 Å². The van der Waals surface area contributed by atoms with Crippen LogP contribution in [0.15, 0.2) is 60.7 Å². The van der Waals surface area contributed by atoms with Gasteiger partial charge in [-0.25, -0.2) is 0 Å². The van der Waals surface area contributed by atoms with E-state index >= 15 is 0 Å². The van der Waals surface area contributed by atoms with E-state index in [4.69, 9.17) is 14.2 Å². The van der Waals surface area contributed by atoms with Crippen molar-refractivity contribution in [3.8, 4) is 11.5 Å². The van der Waals surface area contributed by atoms with Crippen LogP contribution in [-0.4, -0.2) is 24.9 Å². The molecule has 6 heteroatoms. The molecule has 0 aliphatic heterocycles. The lowest BCUT2D eigenvalue weighted by Crippen LogP contribution is -2.29. The molecule has 0 fully saturated rings. The fraction of sp³-hybridized carbons (Fsp3) is 0.333. The van der Waals surface area contributed by atoms with Crippen LogP contribution in [0.1, 0.15) is 29.9 Å². The van der Waals surface area contributed by atoms with Crippen LogP contribution in [0.25, 0.3) is 0 Å². The Morgan fingerprint density at radius 1 is 1.07 bits per heavy atom. The summed E-state index contributed by atoms with van der Waals surface area (Å²) in [6.45, 7) is 0.508. The minimum Gasteiger partial charge on any atom is -0.489 e. The summed E-state index contributed by atoms with van der Waals surface area (Å²) < 4.78 is 16.6. The molecule has 3 rings (SSSR count). The van der Waals surface area contributed by atoms with E-state index in [0.717, 1.165) is 11.1 Å². The first-order valence-corrected chi connectivity index (χ1v) is 8.90. The van der Waals surface area contributed by atoms with E-state index in [2.05, 4.69) is 0 Å². The maximum absolute atomic E-state index is 11.5. The van der Waals surface area contributed by atoms with Crippen molar-refractivity contribution in [2.75, 3.05) is 13.9 Å². The van der Waals surface area contributed by atoms with Gasteiger partial charge in [0.15, 0.2) is 6.79 Å². The lowest BCUT2D eigenvalue weighted by atomic mass is 9.83. The predicted octanol–water partition coefficient (Wildman–Crippen LogP) is 4.33. The van der Waals surface area contributed by atoms with Gasteiger partial charge >= 0.3 is 0 Å². The van der Waals surface area contributed by atoms with E-state index in [1.807, 2.05) is 54.6 Å². The molecule has 0 saturated heterocycles. The molecule has 1 aliphatic rings. The fourth-order valence-corrected chi connectivity index (χ4v) is 3.27. The van der Waals surface area contributed by atoms with Gasteiger partial charge in [-0.15, -0.1) is 0 Å². The molecule has 0 amide bonds. The minimum absolute atomic E-state index is 0.0703. The summed E-state index contributed by atoms with van der Waals surface area (Å²) in [6, 6.07) is 14.7. The molecule has 0 N–H and O–H groups in total. The molecule has 1 aliphatic carbocycles. The first kappa shape index (κ1) is 18.9. The number of methoxy groups -OCH3 is 1. The van der Waals surface area contributed by atoms with Gasteiger partial charge in [-0.05, 0) is 18.1 Å². The highest BCUT2D eigenvalue weighted by Crippen LogP contribution is 2.38. The standard InChI is InChI=1S/C21H23NO5/c1-25-15-27-21-13-17(26-14-16-7-3-2-4-8-16)11-12-19(21)18-9-5-6-10-20(18)22(23)24/h2-8,11-13,18,20H,9-10,14-15H2,1H3. The van der Waals surface area contributed by atoms with Crippen molar-refractivity contribution in [2.24, 2.45) is 0 Å². The number of benzene rings is 2. The topological polar surface area (TPSA) is 70.8 Å². The van der Waals surface area contributed by atoms with Crippen LogP contribution in [0.5, 0.6) is 11.5 Å². The molecule has 0 bridgehead atoms. The van der Waals surface area contributed by atoms with Gasteiger partial charge in [0, 0.05) is 30.1 Å². The Balaban J connectivity index is 1.82. The van der Waals surface area contributed by atoms with Crippen molar-refractivity contribution in [3.63, 3.8) is 0 Å². The summed E-state index contributed by atoms with van der Waals surface area (Å²) in [5, 5.41) is 11.5. The molecule has 0 saturated carbocycles. The smallest absolute Gasteiger partial charge is 0.223 e. The Morgan fingerprint density at radius 2 is 1.85 bits per heavy atom. The van der Waals surface area contributed by atoms with Crippen LogP contribution in [0.3, 0.4) is 0 Å². The third-order valence-electron chi connectivity index (χ3n) is 4.63. The van der Waals surface area contributed by atoms with Crippen molar-refractivity contribution < 1.29 is 19.1 Å². The zero-order chi connectivity index (χ0) is 19.1. The van der Waals surface area contributed by atoms with Crippen LogP contribution in [-0.2, 0) is 11.3 Å². The van der Waals surface area contributed by atoms with E-state index in [1.165, 1.54) is 0 Å². The fourth-order valence-electron chi connectivity index (χ4n) is 3.27. The summed E-state index contributed by atoms with van der Waals surface area (Å²) in [4.78, 5) is 11.3. The molecule has 0 heterocycles. The number of rotatable bonds is 8. The van der Waals surface area contributed by atoms with Gasteiger partial charge in [0.2, 0.25) is 6.04 Å². The highest BCUT2D eigenvalue weighted by atomic mass is 16.7. The van der Waals surface area contributed by atoms with Gasteiger partial charge in [0.25, 0.3) is 0 Å². The van der Waals surface area contributed by atoms with Crippen LogP contribution in [0.4, 0.5) is 0 Å². The lowest BCUT2D eigenvalue weighted by molar-refractivity contribution is -0.526. The van der Waals surface area contributed by atoms with Gasteiger partial charge in [-0.2, -0.15) is 0 Å². The number of hydrogen-bond acceptors (Lipinski definition) is 5. The van der Waals surface area contributed by atoms with Crippen molar-refractivity contribution in [3.05, 3.63) is 81.9 Å². The molecule has 6 nitrogen and oxygen atoms in total. The van der Waals surface area contributed by atoms with Crippen LogP contribution in [0.2, 0.25) is 0 Å². The Morgan fingerprint density at radius 3 is 2.59 bits per heavy atom. The Hall–Kier alpha value is -2.86. The van der Waals surface area contributed by atoms with Crippen molar-refractivity contribution >= 4 is 0 Å². The summed E-state index contributed by atoms with van der Waals surface area (Å²) in [5.74, 6) is 0.979. The maximum atomic E-state index is 11.5. The third-order valence-corrected chi connectivity index (χ3v) is 4.63. The average molecular weight is 369 g/mol. The highest BCUT2D eigenvalue weighted by molar-refractivity contribution is 5.44. The third kappa shape index (κ3) is 4.86. The minimum atomic E-state index is -0.656. The zero-order valence-electron chi connectivity index (χ0n) is 15.2. The molecule has 142 valence electrons. The van der Waals surface area contributed by atoms with Gasteiger partial charge in [0.1, 0.15) is 18.1 Å². The first-order valence-electron chi connectivity index (χ1n) is 8.90. The Kier molecular flexibility index (Phi) is 6.44. The van der Waals surface area contributed by atoms with Gasteiger partial charge in [-0.3, -0.25) is 10.1 Å². The quantitative estimate of drug-likeness (QED) is 0.300. The predicted molar refractivity (Wildman–Crippen MR) is 102 cm³/mol. The summed E-state index contributed by atoms with van der Waals surface area (Å²) >= 11 is 0. The second-order valence-corrected chi connectivity index (χ2v) is 6.43. The molecule has 2 aromatic rings. The second-order valence-electron chi connectivity index (χ2n) is 6.43. The zero-order valence-corrected chi connectivity index (χ0v) is 15.2. The molecule has 2 atom stereocenters. The van der Waals surface area contributed by atoms with Crippen molar-refractivity contribution in [1.82, 2.24) is 0 Å². The van der Waals surface area contributed by atoms with E-state index in [9.17, 15) is 10.1 Å². The highest BCUT2D eigenvalue weighted by Gasteiger charge is 2.35. The van der Waals surface area contributed by atoms with E-state index < -0.39 is 6.04 Å². The Bertz CT molecular complexity index is 790. The molecular weight excluding hydrogens is 346 g/mol. The average Bonchev–Trinajstić information content (AvgIpc) is 2.71. The number of hydrogen-bond donors (Lipinski definition) is 0. The van der Waals surface area contributed by atoms with Crippen molar-refractivity contribution in [2.45, 2.75) is 31.4 Å². The first-order chi connectivity index (χ1) is 13.2. The molecule has 2 unspecified atom stereocenters. The second kappa shape index (κ2) is 9.19. The maximum Gasteiger partial charge on any atom is 0.223 e. The summed E-state index contributed by atoms with van der Waals surface area (Å²) in [6.07, 6.45) is 4.90. The largest absolute Gasteiger partial charge is 0.489 e.